The van der Waals surface area contributed by atoms with E-state index in [-0.39, 0.29) is 5.91 Å². The first-order chi connectivity index (χ1) is 7.22. The van der Waals surface area contributed by atoms with Crippen molar-refractivity contribution >= 4 is 5.91 Å². The second-order valence-electron chi connectivity index (χ2n) is 4.20. The number of hydrogen-bond donors (Lipinski definition) is 0. The number of carbonyl (C=O) groups is 1. The molecular formula is C13H17NO. The number of benzene rings is 1. The van der Waals surface area contributed by atoms with E-state index in [4.69, 9.17) is 0 Å². The van der Waals surface area contributed by atoms with Crippen LogP contribution >= 0.6 is 0 Å². The standard InChI is InChI=1S/C13H17NO/c1-3-13(15)14-9-12-7-5-4-6-11(12)8-10(14)2/h4-7,10H,3,8-9H2,1-2H3. The third kappa shape index (κ3) is 1.89. The minimum Gasteiger partial charge on any atom is -0.335 e. The van der Waals surface area contributed by atoms with Crippen LogP contribution in [0.3, 0.4) is 0 Å². The first kappa shape index (κ1) is 10.2. The average Bonchev–Trinajstić information content (AvgIpc) is 2.27. The summed E-state index contributed by atoms with van der Waals surface area (Å²) in [5.41, 5.74) is 2.70. The minimum absolute atomic E-state index is 0.261. The summed E-state index contributed by atoms with van der Waals surface area (Å²) in [6, 6.07) is 8.75. The molecule has 0 aromatic heterocycles. The molecule has 1 aromatic carbocycles. The van der Waals surface area contributed by atoms with E-state index in [9.17, 15) is 4.79 Å². The van der Waals surface area contributed by atoms with Gasteiger partial charge in [-0.15, -0.1) is 0 Å². The molecule has 1 atom stereocenters. The van der Waals surface area contributed by atoms with Gasteiger partial charge in [-0.25, -0.2) is 0 Å². The second kappa shape index (κ2) is 4.05. The van der Waals surface area contributed by atoms with Gasteiger partial charge in [0.2, 0.25) is 5.91 Å². The Bertz CT molecular complexity index is 373. The van der Waals surface area contributed by atoms with Crippen LogP contribution in [0.25, 0.3) is 0 Å². The second-order valence-corrected chi connectivity index (χ2v) is 4.20. The fourth-order valence-corrected chi connectivity index (χ4v) is 2.22. The number of nitrogens with zero attached hydrogens (tertiary/aromatic N) is 1. The Labute approximate surface area is 90.9 Å². The number of carbonyl (C=O) groups excluding carboxylic acids is 1. The maximum Gasteiger partial charge on any atom is 0.222 e. The maximum absolute atomic E-state index is 11.7. The minimum atomic E-state index is 0.261. The first-order valence-electron chi connectivity index (χ1n) is 5.58. The third-order valence-corrected chi connectivity index (χ3v) is 3.13. The van der Waals surface area contributed by atoms with Crippen molar-refractivity contribution in [3.05, 3.63) is 35.4 Å². The van der Waals surface area contributed by atoms with Crippen LogP contribution in [0.5, 0.6) is 0 Å². The van der Waals surface area contributed by atoms with Gasteiger partial charge in [0.1, 0.15) is 0 Å². The van der Waals surface area contributed by atoms with Gasteiger partial charge in [0.05, 0.1) is 0 Å². The molecule has 1 unspecified atom stereocenters. The van der Waals surface area contributed by atoms with E-state index in [0.29, 0.717) is 12.5 Å². The number of hydrogen-bond acceptors (Lipinski definition) is 1. The maximum atomic E-state index is 11.7. The number of amides is 1. The largest absolute Gasteiger partial charge is 0.335 e. The van der Waals surface area contributed by atoms with Crippen molar-refractivity contribution in [3.8, 4) is 0 Å². The highest BCUT2D eigenvalue weighted by Gasteiger charge is 2.24. The van der Waals surface area contributed by atoms with Crippen LogP contribution in [-0.2, 0) is 17.8 Å². The van der Waals surface area contributed by atoms with Crippen LogP contribution in [0.2, 0.25) is 0 Å². The lowest BCUT2D eigenvalue weighted by Crippen LogP contribution is -2.42. The quantitative estimate of drug-likeness (QED) is 0.686. The molecule has 0 radical (unpaired) electrons. The summed E-state index contributed by atoms with van der Waals surface area (Å²) in [7, 11) is 0. The molecule has 1 aromatic rings. The molecule has 0 saturated carbocycles. The lowest BCUT2D eigenvalue weighted by Gasteiger charge is -2.34. The smallest absolute Gasteiger partial charge is 0.222 e. The Morgan fingerprint density at radius 2 is 2.07 bits per heavy atom. The van der Waals surface area contributed by atoms with Gasteiger partial charge in [-0.2, -0.15) is 0 Å². The van der Waals surface area contributed by atoms with Crippen LogP contribution < -0.4 is 0 Å². The lowest BCUT2D eigenvalue weighted by atomic mass is 9.95. The molecule has 0 fully saturated rings. The van der Waals surface area contributed by atoms with Crippen LogP contribution in [-0.4, -0.2) is 16.8 Å². The summed E-state index contributed by atoms with van der Waals surface area (Å²) in [6.07, 6.45) is 1.59. The molecule has 1 amide bonds. The van der Waals surface area contributed by atoms with Gasteiger partial charge in [0.25, 0.3) is 0 Å². The van der Waals surface area contributed by atoms with E-state index < -0.39 is 0 Å². The Hall–Kier alpha value is -1.31. The molecule has 1 heterocycles. The van der Waals surface area contributed by atoms with Gasteiger partial charge in [-0.1, -0.05) is 31.2 Å². The zero-order chi connectivity index (χ0) is 10.8. The average molecular weight is 203 g/mol. The topological polar surface area (TPSA) is 20.3 Å². The van der Waals surface area contributed by atoms with Crippen molar-refractivity contribution < 1.29 is 4.79 Å². The summed E-state index contributed by atoms with van der Waals surface area (Å²) in [5, 5.41) is 0. The normalized spacial score (nSPS) is 19.9. The van der Waals surface area contributed by atoms with Crippen LogP contribution in [0.15, 0.2) is 24.3 Å². The van der Waals surface area contributed by atoms with Gasteiger partial charge < -0.3 is 4.90 Å². The predicted molar refractivity (Wildman–Crippen MR) is 60.4 cm³/mol. The van der Waals surface area contributed by atoms with Gasteiger partial charge >= 0.3 is 0 Å². The molecule has 2 rings (SSSR count). The Morgan fingerprint density at radius 1 is 1.40 bits per heavy atom. The highest BCUT2D eigenvalue weighted by Crippen LogP contribution is 2.23. The van der Waals surface area contributed by atoms with E-state index in [2.05, 4.69) is 25.1 Å². The zero-order valence-electron chi connectivity index (χ0n) is 9.36. The Morgan fingerprint density at radius 3 is 2.73 bits per heavy atom. The summed E-state index contributed by atoms with van der Waals surface area (Å²) < 4.78 is 0. The molecule has 0 spiro atoms. The van der Waals surface area contributed by atoms with Gasteiger partial charge in [0.15, 0.2) is 0 Å². The summed E-state index contributed by atoms with van der Waals surface area (Å²) >= 11 is 0. The predicted octanol–water partition coefficient (Wildman–Crippen LogP) is 2.37. The molecule has 1 aliphatic heterocycles. The fraction of sp³-hybridized carbons (Fsp3) is 0.462. The van der Waals surface area contributed by atoms with Crippen molar-refractivity contribution in [1.29, 1.82) is 0 Å². The van der Waals surface area contributed by atoms with E-state index in [1.165, 1.54) is 11.1 Å². The molecule has 0 saturated heterocycles. The lowest BCUT2D eigenvalue weighted by molar-refractivity contribution is -0.133. The fourth-order valence-electron chi connectivity index (χ4n) is 2.22. The molecular weight excluding hydrogens is 186 g/mol. The van der Waals surface area contributed by atoms with Gasteiger partial charge in [0, 0.05) is 19.0 Å². The SMILES string of the molecule is CCC(=O)N1Cc2ccccc2CC1C. The van der Waals surface area contributed by atoms with Crippen molar-refractivity contribution in [2.24, 2.45) is 0 Å². The van der Waals surface area contributed by atoms with E-state index in [1.807, 2.05) is 17.9 Å². The number of rotatable bonds is 1. The van der Waals surface area contributed by atoms with E-state index in [1.54, 1.807) is 0 Å². The summed E-state index contributed by atoms with van der Waals surface area (Å²) in [6.45, 7) is 4.84. The van der Waals surface area contributed by atoms with Crippen LogP contribution in [0.1, 0.15) is 31.4 Å². The first-order valence-corrected chi connectivity index (χ1v) is 5.58. The summed E-state index contributed by atoms with van der Waals surface area (Å²) in [5.74, 6) is 0.261. The number of fused-ring (bicyclic) bond motifs is 1. The molecule has 0 N–H and O–H groups in total. The molecule has 0 bridgehead atoms. The molecule has 15 heavy (non-hydrogen) atoms. The molecule has 2 nitrogen and oxygen atoms in total. The molecule has 1 aliphatic rings. The third-order valence-electron chi connectivity index (χ3n) is 3.13. The monoisotopic (exact) mass is 203 g/mol. The van der Waals surface area contributed by atoms with E-state index in [0.717, 1.165) is 13.0 Å². The van der Waals surface area contributed by atoms with Crippen molar-refractivity contribution in [3.63, 3.8) is 0 Å². The molecule has 0 aliphatic carbocycles. The van der Waals surface area contributed by atoms with Gasteiger partial charge in [-0.3, -0.25) is 4.79 Å². The highest BCUT2D eigenvalue weighted by molar-refractivity contribution is 5.76. The van der Waals surface area contributed by atoms with Crippen molar-refractivity contribution in [1.82, 2.24) is 4.90 Å². The van der Waals surface area contributed by atoms with Crippen LogP contribution in [0.4, 0.5) is 0 Å². The van der Waals surface area contributed by atoms with Crippen molar-refractivity contribution in [2.75, 3.05) is 0 Å². The molecule has 80 valence electrons. The van der Waals surface area contributed by atoms with Crippen molar-refractivity contribution in [2.45, 2.75) is 39.3 Å². The zero-order valence-corrected chi connectivity index (χ0v) is 9.36. The van der Waals surface area contributed by atoms with Crippen LogP contribution in [0, 0.1) is 0 Å². The van der Waals surface area contributed by atoms with E-state index >= 15 is 0 Å². The Kier molecular flexibility index (Phi) is 2.76. The van der Waals surface area contributed by atoms with Gasteiger partial charge in [-0.05, 0) is 24.5 Å². The molecule has 2 heteroatoms. The highest BCUT2D eigenvalue weighted by atomic mass is 16.2. The summed E-state index contributed by atoms with van der Waals surface area (Å²) in [4.78, 5) is 13.7. The Balaban J connectivity index is 2.25.